The van der Waals surface area contributed by atoms with E-state index in [0.29, 0.717) is 59.1 Å². The predicted molar refractivity (Wildman–Crippen MR) is 229 cm³/mol. The molecule has 3 saturated heterocycles. The summed E-state index contributed by atoms with van der Waals surface area (Å²) in [5.41, 5.74) is 3.41. The molecule has 3 aromatic rings. The maximum absolute atomic E-state index is 13.6. The van der Waals surface area contributed by atoms with Crippen molar-refractivity contribution in [3.8, 4) is 23.3 Å². The van der Waals surface area contributed by atoms with Crippen LogP contribution in [-0.2, 0) is 9.53 Å². The Morgan fingerprint density at radius 2 is 1.58 bits per heavy atom. The van der Waals surface area contributed by atoms with Gasteiger partial charge in [0.2, 0.25) is 5.91 Å². The van der Waals surface area contributed by atoms with E-state index in [2.05, 4.69) is 71.0 Å². The standard InChI is InChI=1S/C46H57N7O7/c1-29-8-17-37(42(56)48-29)49-41(55)36-16-14-33(24-39(36)58-7)52-20-18-51(19-21-52)27-35-28-53(22-23-59-35)32-12-9-30(10-13-32)40(54)50-43-45(2,3)44(46(43,4)5)60-34-15-11-31(26-47)38(25-34)57-6/h9-16,24-25,35,37,43-44H,1,8,17-23,27-28H2,2-7H3,(H,48,56)(H,49,55)(H,50,54)/t35-,37?,43?,44?/m0/s1. The molecule has 1 unspecified atom stereocenters. The van der Waals surface area contributed by atoms with Gasteiger partial charge < -0.3 is 44.7 Å². The Morgan fingerprint density at radius 1 is 0.883 bits per heavy atom. The third-order valence-electron chi connectivity index (χ3n) is 12.6. The van der Waals surface area contributed by atoms with Crippen molar-refractivity contribution in [3.63, 3.8) is 0 Å². The van der Waals surface area contributed by atoms with Crippen LogP contribution in [0.3, 0.4) is 0 Å². The van der Waals surface area contributed by atoms with E-state index in [1.165, 1.54) is 7.11 Å². The van der Waals surface area contributed by atoms with Crippen molar-refractivity contribution in [1.29, 1.82) is 5.26 Å². The number of anilines is 2. The number of hydrogen-bond acceptors (Lipinski definition) is 11. The first-order valence-corrected chi connectivity index (χ1v) is 20.7. The Bertz CT molecular complexity index is 2120. The molecule has 3 amide bonds. The van der Waals surface area contributed by atoms with Gasteiger partial charge in [-0.05, 0) is 61.4 Å². The van der Waals surface area contributed by atoms with Gasteiger partial charge in [0.25, 0.3) is 11.8 Å². The quantitative estimate of drug-likeness (QED) is 0.232. The molecule has 3 N–H and O–H groups in total. The number of morpholine rings is 1. The van der Waals surface area contributed by atoms with Crippen LogP contribution in [0, 0.1) is 22.2 Å². The number of nitrogens with one attached hydrogen (secondary N) is 3. The molecule has 2 atom stereocenters. The molecule has 7 rings (SSSR count). The first-order valence-electron chi connectivity index (χ1n) is 20.7. The van der Waals surface area contributed by atoms with Crippen LogP contribution >= 0.6 is 0 Å². The number of nitriles is 1. The summed E-state index contributed by atoms with van der Waals surface area (Å²) in [6.07, 6.45) is 0.992. The van der Waals surface area contributed by atoms with Crippen molar-refractivity contribution in [1.82, 2.24) is 20.9 Å². The topological polar surface area (TPSA) is 158 Å². The number of piperidine rings is 1. The van der Waals surface area contributed by atoms with E-state index in [1.807, 2.05) is 36.4 Å². The fourth-order valence-corrected chi connectivity index (χ4v) is 9.56. The minimum atomic E-state index is -0.608. The number of nitrogens with zero attached hydrogens (tertiary/aromatic N) is 4. The highest BCUT2D eigenvalue weighted by Gasteiger charge is 2.64. The van der Waals surface area contributed by atoms with Gasteiger partial charge in [-0.25, -0.2) is 0 Å². The zero-order valence-electron chi connectivity index (χ0n) is 35.5. The van der Waals surface area contributed by atoms with Crippen LogP contribution in [0.15, 0.2) is 72.9 Å². The Kier molecular flexibility index (Phi) is 12.3. The molecule has 318 valence electrons. The number of benzene rings is 3. The second kappa shape index (κ2) is 17.4. The second-order valence-electron chi connectivity index (χ2n) is 17.3. The highest BCUT2D eigenvalue weighted by Crippen LogP contribution is 2.55. The molecule has 0 aromatic heterocycles. The van der Waals surface area contributed by atoms with Crippen LogP contribution in [0.4, 0.5) is 11.4 Å². The fraction of sp³-hybridized carbons (Fsp3) is 0.478. The molecule has 3 heterocycles. The zero-order valence-corrected chi connectivity index (χ0v) is 35.5. The van der Waals surface area contributed by atoms with Crippen molar-refractivity contribution < 1.29 is 33.3 Å². The number of hydrogen-bond donors (Lipinski definition) is 3. The average molecular weight is 820 g/mol. The molecule has 4 aliphatic rings. The van der Waals surface area contributed by atoms with Crippen LogP contribution in [0.25, 0.3) is 0 Å². The molecule has 3 aromatic carbocycles. The highest BCUT2D eigenvalue weighted by atomic mass is 16.5. The minimum Gasteiger partial charge on any atom is -0.496 e. The molecule has 60 heavy (non-hydrogen) atoms. The average Bonchev–Trinajstić information content (AvgIpc) is 3.25. The van der Waals surface area contributed by atoms with Crippen molar-refractivity contribution in [3.05, 3.63) is 89.6 Å². The van der Waals surface area contributed by atoms with E-state index in [0.717, 1.165) is 57.2 Å². The van der Waals surface area contributed by atoms with Crippen LogP contribution in [-0.4, -0.2) is 114 Å². The Balaban J connectivity index is 0.885. The van der Waals surface area contributed by atoms with Crippen LogP contribution in [0.2, 0.25) is 0 Å². The third kappa shape index (κ3) is 8.74. The zero-order chi connectivity index (χ0) is 42.8. The van der Waals surface area contributed by atoms with E-state index in [4.69, 9.17) is 18.9 Å². The second-order valence-corrected chi connectivity index (χ2v) is 17.3. The van der Waals surface area contributed by atoms with Crippen molar-refractivity contribution in [2.24, 2.45) is 10.8 Å². The summed E-state index contributed by atoms with van der Waals surface area (Å²) in [5.74, 6) is 0.832. The molecule has 1 aliphatic carbocycles. The van der Waals surface area contributed by atoms with Gasteiger partial charge in [0.15, 0.2) is 0 Å². The molecule has 14 nitrogen and oxygen atoms in total. The van der Waals surface area contributed by atoms with Gasteiger partial charge >= 0.3 is 0 Å². The largest absolute Gasteiger partial charge is 0.496 e. The maximum atomic E-state index is 13.6. The molecule has 14 heteroatoms. The molecule has 1 saturated carbocycles. The normalized spacial score (nSPS) is 23.7. The van der Waals surface area contributed by atoms with Crippen molar-refractivity contribution in [2.45, 2.75) is 64.8 Å². The van der Waals surface area contributed by atoms with Gasteiger partial charge in [-0.1, -0.05) is 34.3 Å². The van der Waals surface area contributed by atoms with Crippen molar-refractivity contribution >= 4 is 29.1 Å². The van der Waals surface area contributed by atoms with Crippen LogP contribution in [0.1, 0.15) is 66.8 Å². The molecular formula is C46H57N7O7. The van der Waals surface area contributed by atoms with Gasteiger partial charge in [0, 0.05) is 97.5 Å². The third-order valence-corrected chi connectivity index (χ3v) is 12.6. The lowest BCUT2D eigenvalue weighted by molar-refractivity contribution is -0.164. The van der Waals surface area contributed by atoms with E-state index >= 15 is 0 Å². The number of ether oxygens (including phenoxy) is 4. The van der Waals surface area contributed by atoms with Crippen LogP contribution in [0.5, 0.6) is 17.2 Å². The molecular weight excluding hydrogens is 763 g/mol. The molecule has 0 bridgehead atoms. The van der Waals surface area contributed by atoms with E-state index in [1.54, 1.807) is 31.4 Å². The lowest BCUT2D eigenvalue weighted by Gasteiger charge is -2.63. The molecule has 4 fully saturated rings. The minimum absolute atomic E-state index is 0.0408. The van der Waals surface area contributed by atoms with E-state index in [-0.39, 0.29) is 46.8 Å². The van der Waals surface area contributed by atoms with Gasteiger partial charge in [0.1, 0.15) is 35.5 Å². The first-order chi connectivity index (χ1) is 28.7. The van der Waals surface area contributed by atoms with Gasteiger partial charge in [-0.2, -0.15) is 5.26 Å². The number of amides is 3. The van der Waals surface area contributed by atoms with Gasteiger partial charge in [-0.15, -0.1) is 0 Å². The summed E-state index contributed by atoms with van der Waals surface area (Å²) in [7, 11) is 3.08. The summed E-state index contributed by atoms with van der Waals surface area (Å²) in [5, 5.41) is 18.2. The summed E-state index contributed by atoms with van der Waals surface area (Å²) >= 11 is 0. The lowest BCUT2D eigenvalue weighted by Crippen LogP contribution is -2.74. The van der Waals surface area contributed by atoms with Crippen LogP contribution < -0.4 is 40.0 Å². The maximum Gasteiger partial charge on any atom is 0.255 e. The number of methoxy groups -OCH3 is 2. The first kappa shape index (κ1) is 42.3. The summed E-state index contributed by atoms with van der Waals surface area (Å²) in [6.45, 7) is 18.5. The van der Waals surface area contributed by atoms with E-state index in [9.17, 15) is 19.6 Å². The summed E-state index contributed by atoms with van der Waals surface area (Å²) < 4.78 is 23.7. The SMILES string of the molecule is C=C1CCC(NC(=O)c2ccc(N3CCN(C[C@H]4CN(c5ccc(C(=O)NC6C(C)(C)C(Oc7ccc(C#N)c(OC)c7)C6(C)C)cc5)CCO4)CC3)cc2OC)C(=O)N1. The molecule has 0 spiro atoms. The number of allylic oxidation sites excluding steroid dienone is 1. The summed E-state index contributed by atoms with van der Waals surface area (Å²) in [6, 6.07) is 20.0. The number of carbonyl (C=O) groups excluding carboxylic acids is 3. The van der Waals surface area contributed by atoms with Gasteiger partial charge in [-0.3, -0.25) is 19.3 Å². The Hall–Kier alpha value is -5.78. The number of piperazine rings is 1. The lowest BCUT2D eigenvalue weighted by atomic mass is 9.49. The number of rotatable bonds is 12. The summed E-state index contributed by atoms with van der Waals surface area (Å²) in [4.78, 5) is 46.1. The Labute approximate surface area is 352 Å². The Morgan fingerprint density at radius 3 is 2.25 bits per heavy atom. The smallest absolute Gasteiger partial charge is 0.255 e. The van der Waals surface area contributed by atoms with E-state index < -0.39 is 6.04 Å². The highest BCUT2D eigenvalue weighted by molar-refractivity contribution is 6.00. The monoisotopic (exact) mass is 819 g/mol. The van der Waals surface area contributed by atoms with Crippen molar-refractivity contribution in [2.75, 3.05) is 76.4 Å². The fourth-order valence-electron chi connectivity index (χ4n) is 9.56. The molecule has 0 radical (unpaired) electrons. The number of carbonyl (C=O) groups is 3. The predicted octanol–water partition coefficient (Wildman–Crippen LogP) is 4.74. The van der Waals surface area contributed by atoms with Gasteiger partial charge in [0.05, 0.1) is 38.1 Å². The molecule has 3 aliphatic heterocycles.